The van der Waals surface area contributed by atoms with E-state index in [1.54, 1.807) is 24.3 Å². The maximum Gasteiger partial charge on any atom is 0.573 e. The number of benzene rings is 3. The van der Waals surface area contributed by atoms with Crippen LogP contribution in [0.2, 0.25) is 0 Å². The lowest BCUT2D eigenvalue weighted by Gasteiger charge is -2.32. The molecule has 0 aromatic heterocycles. The van der Waals surface area contributed by atoms with E-state index >= 15 is 13.2 Å². The molecule has 2 aliphatic rings. The van der Waals surface area contributed by atoms with E-state index in [2.05, 4.69) is 4.74 Å². The molecule has 0 N–H and O–H groups in total. The van der Waals surface area contributed by atoms with E-state index in [-0.39, 0.29) is 59.1 Å². The van der Waals surface area contributed by atoms with Gasteiger partial charge in [-0.2, -0.15) is 0 Å². The zero-order valence-corrected chi connectivity index (χ0v) is 25.3. The molecule has 1 saturated carbocycles. The van der Waals surface area contributed by atoms with Crippen LogP contribution >= 0.6 is 0 Å². The Morgan fingerprint density at radius 1 is 0.667 bits per heavy atom. The molecule has 3 aromatic rings. The van der Waals surface area contributed by atoms with E-state index < -0.39 is 41.4 Å². The zero-order chi connectivity index (χ0) is 32.3. The van der Waals surface area contributed by atoms with Gasteiger partial charge in [-0.1, -0.05) is 44.0 Å². The summed E-state index contributed by atoms with van der Waals surface area (Å²) in [5.74, 6) is -5.47. The average molecular weight is 639 g/mol. The summed E-state index contributed by atoms with van der Waals surface area (Å²) in [5, 5.41) is 0. The van der Waals surface area contributed by atoms with Crippen molar-refractivity contribution in [2.75, 3.05) is 0 Å². The highest BCUT2D eigenvalue weighted by molar-refractivity contribution is 5.41. The molecule has 3 aromatic carbocycles. The molecule has 1 nitrogen and oxygen atoms in total. The van der Waals surface area contributed by atoms with Crippen LogP contribution in [0.5, 0.6) is 5.75 Å². The van der Waals surface area contributed by atoms with Crippen LogP contribution in [0.25, 0.3) is 0 Å². The first-order valence-corrected chi connectivity index (χ1v) is 16.0. The highest BCUT2D eigenvalue weighted by Crippen LogP contribution is 2.45. The fraction of sp³-hybridized carbons (Fsp3) is 0.500. The molecular formula is C36H38F8O. The van der Waals surface area contributed by atoms with Crippen LogP contribution in [0.1, 0.15) is 110 Å². The minimum atomic E-state index is -4.78. The summed E-state index contributed by atoms with van der Waals surface area (Å²) in [7, 11) is 0. The third kappa shape index (κ3) is 7.66. The first-order valence-electron chi connectivity index (χ1n) is 16.0. The Kier molecular flexibility index (Phi) is 10.4. The van der Waals surface area contributed by atoms with Crippen molar-refractivity contribution >= 4 is 0 Å². The Hall–Kier alpha value is -3.10. The Balaban J connectivity index is 1.22. The van der Waals surface area contributed by atoms with Crippen LogP contribution in [0.15, 0.2) is 36.4 Å². The number of aryl methyl sites for hydroxylation is 2. The molecule has 9 heteroatoms. The number of hydrogen-bond acceptors (Lipinski definition) is 1. The second kappa shape index (κ2) is 14.1. The van der Waals surface area contributed by atoms with E-state index in [1.807, 2.05) is 6.92 Å². The quantitative estimate of drug-likeness (QED) is 0.122. The van der Waals surface area contributed by atoms with Crippen molar-refractivity contribution < 1.29 is 39.9 Å². The Labute approximate surface area is 259 Å². The number of ether oxygens (including phenoxy) is 1. The SMILES string of the molecule is CCCCCc1ccc(CCC2CCc3c(F)c(C4CCC(c5ccc(OC(F)(F)F)cc5)CC4)c(F)c(F)c3C2)c(F)c1F. The average Bonchev–Trinajstić information content (AvgIpc) is 3.01. The first kappa shape index (κ1) is 33.3. The van der Waals surface area contributed by atoms with Crippen molar-refractivity contribution in [3.63, 3.8) is 0 Å². The van der Waals surface area contributed by atoms with E-state index in [1.165, 1.54) is 12.1 Å². The summed E-state index contributed by atoms with van der Waals surface area (Å²) in [6.07, 6.45) is 1.97. The number of rotatable bonds is 10. The summed E-state index contributed by atoms with van der Waals surface area (Å²) < 4.78 is 117. The molecule has 5 rings (SSSR count). The topological polar surface area (TPSA) is 9.23 Å². The molecule has 0 spiro atoms. The third-order valence-electron chi connectivity index (χ3n) is 9.69. The van der Waals surface area contributed by atoms with E-state index in [9.17, 15) is 22.0 Å². The minimum Gasteiger partial charge on any atom is -0.406 e. The zero-order valence-electron chi connectivity index (χ0n) is 25.3. The fourth-order valence-corrected chi connectivity index (χ4v) is 7.19. The summed E-state index contributed by atoms with van der Waals surface area (Å²) in [5.41, 5.74) is 1.47. The Morgan fingerprint density at radius 2 is 1.29 bits per heavy atom. The lowest BCUT2D eigenvalue weighted by atomic mass is 9.73. The largest absolute Gasteiger partial charge is 0.573 e. The van der Waals surface area contributed by atoms with Gasteiger partial charge in [0.05, 0.1) is 0 Å². The highest BCUT2D eigenvalue weighted by atomic mass is 19.4. The molecular weight excluding hydrogens is 600 g/mol. The molecule has 0 amide bonds. The van der Waals surface area contributed by atoms with Gasteiger partial charge in [-0.25, -0.2) is 22.0 Å². The number of fused-ring (bicyclic) bond motifs is 1. The highest BCUT2D eigenvalue weighted by Gasteiger charge is 2.35. The van der Waals surface area contributed by atoms with Gasteiger partial charge in [0.2, 0.25) is 0 Å². The summed E-state index contributed by atoms with van der Waals surface area (Å²) in [6.45, 7) is 2.04. The molecule has 0 radical (unpaired) electrons. The first-order chi connectivity index (χ1) is 21.5. The van der Waals surface area contributed by atoms with E-state index in [0.717, 1.165) is 24.8 Å². The van der Waals surface area contributed by atoms with Gasteiger partial charge in [0.1, 0.15) is 11.6 Å². The predicted octanol–water partition coefficient (Wildman–Crippen LogP) is 11.2. The van der Waals surface area contributed by atoms with Crippen LogP contribution in [0, 0.1) is 35.0 Å². The van der Waals surface area contributed by atoms with Crippen LogP contribution < -0.4 is 4.74 Å². The maximum absolute atomic E-state index is 15.8. The molecule has 1 unspecified atom stereocenters. The van der Waals surface area contributed by atoms with Gasteiger partial charge in [-0.3, -0.25) is 0 Å². The van der Waals surface area contributed by atoms with Gasteiger partial charge in [-0.15, -0.1) is 13.2 Å². The van der Waals surface area contributed by atoms with Crippen molar-refractivity contribution in [1.29, 1.82) is 0 Å². The molecule has 1 atom stereocenters. The van der Waals surface area contributed by atoms with Crippen LogP contribution in [0.4, 0.5) is 35.1 Å². The van der Waals surface area contributed by atoms with Crippen molar-refractivity contribution in [1.82, 2.24) is 0 Å². The summed E-state index contributed by atoms with van der Waals surface area (Å²) in [6, 6.07) is 8.87. The van der Waals surface area contributed by atoms with Gasteiger partial charge in [0, 0.05) is 5.56 Å². The molecule has 0 heterocycles. The van der Waals surface area contributed by atoms with Crippen LogP contribution in [-0.4, -0.2) is 6.36 Å². The van der Waals surface area contributed by atoms with Crippen LogP contribution in [0.3, 0.4) is 0 Å². The number of unbranched alkanes of at least 4 members (excludes halogenated alkanes) is 2. The lowest BCUT2D eigenvalue weighted by molar-refractivity contribution is -0.274. The second-order valence-corrected chi connectivity index (χ2v) is 12.6. The molecule has 1 fully saturated rings. The molecule has 0 bridgehead atoms. The van der Waals surface area contributed by atoms with Crippen LogP contribution in [-0.2, 0) is 25.7 Å². The van der Waals surface area contributed by atoms with E-state index in [0.29, 0.717) is 50.5 Å². The van der Waals surface area contributed by atoms with Crippen molar-refractivity contribution in [2.45, 2.75) is 109 Å². The van der Waals surface area contributed by atoms with Crippen molar-refractivity contribution in [3.8, 4) is 5.75 Å². The Morgan fingerprint density at radius 3 is 1.91 bits per heavy atom. The van der Waals surface area contributed by atoms with Gasteiger partial charge < -0.3 is 4.74 Å². The smallest absolute Gasteiger partial charge is 0.406 e. The number of alkyl halides is 3. The molecule has 45 heavy (non-hydrogen) atoms. The third-order valence-corrected chi connectivity index (χ3v) is 9.69. The molecule has 0 saturated heterocycles. The standard InChI is InChI=1S/C36H38F8O/c1-2-3-4-5-25-13-14-26(32(38)31(25)37)8-6-21-7-19-28-29(20-21)34(40)35(41)30(33(28)39)24-11-9-22(10-12-24)23-15-17-27(18-16-23)45-36(42,43)44/h13-18,21-22,24H,2-12,19-20H2,1H3. The second-order valence-electron chi connectivity index (χ2n) is 12.6. The van der Waals surface area contributed by atoms with Gasteiger partial charge >= 0.3 is 6.36 Å². The monoisotopic (exact) mass is 638 g/mol. The van der Waals surface area contributed by atoms with Crippen molar-refractivity contribution in [2.24, 2.45) is 5.92 Å². The summed E-state index contributed by atoms with van der Waals surface area (Å²) >= 11 is 0. The molecule has 2 aliphatic carbocycles. The normalized spacial score (nSPS) is 20.2. The van der Waals surface area contributed by atoms with Gasteiger partial charge in [-0.05, 0) is 128 Å². The lowest BCUT2D eigenvalue weighted by Crippen LogP contribution is -2.23. The maximum atomic E-state index is 15.8. The van der Waals surface area contributed by atoms with Gasteiger partial charge in [0.25, 0.3) is 0 Å². The Bertz CT molecular complexity index is 1470. The minimum absolute atomic E-state index is 0.00566. The van der Waals surface area contributed by atoms with Gasteiger partial charge in [0.15, 0.2) is 23.3 Å². The van der Waals surface area contributed by atoms with E-state index in [4.69, 9.17) is 0 Å². The summed E-state index contributed by atoms with van der Waals surface area (Å²) in [4.78, 5) is 0. The molecule has 244 valence electrons. The van der Waals surface area contributed by atoms with Crippen molar-refractivity contribution in [3.05, 3.63) is 98.9 Å². The predicted molar refractivity (Wildman–Crippen MR) is 157 cm³/mol. The fourth-order valence-electron chi connectivity index (χ4n) is 7.19. The number of halogens is 8. The number of hydrogen-bond donors (Lipinski definition) is 0. The molecule has 0 aliphatic heterocycles.